The van der Waals surface area contributed by atoms with Gasteiger partial charge in [0, 0.05) is 12.0 Å². The Hall–Kier alpha value is -1.62. The number of nitrogens with zero attached hydrogens (tertiary/aromatic N) is 1. The Labute approximate surface area is 126 Å². The summed E-state index contributed by atoms with van der Waals surface area (Å²) < 4.78 is 0.799. The van der Waals surface area contributed by atoms with Crippen molar-refractivity contribution in [1.82, 2.24) is 9.97 Å². The molecule has 20 heavy (non-hydrogen) atoms. The first-order valence-corrected chi connectivity index (χ1v) is 7.22. The highest BCUT2D eigenvalue weighted by molar-refractivity contribution is 9.10. The molecule has 0 saturated heterocycles. The Morgan fingerprint density at radius 2 is 1.90 bits per heavy atom. The smallest absolute Gasteiger partial charge is 0.303 e. The first-order chi connectivity index (χ1) is 9.38. The summed E-state index contributed by atoms with van der Waals surface area (Å²) in [6.45, 7) is 6.20. The lowest BCUT2D eigenvalue weighted by atomic mass is 9.98. The highest BCUT2D eigenvalue weighted by Gasteiger charge is 2.15. The minimum Gasteiger partial charge on any atom is -0.481 e. The molecule has 0 bridgehead atoms. The monoisotopic (exact) mass is 336 g/mol. The number of aliphatic carboxylic acids is 1. The van der Waals surface area contributed by atoms with Gasteiger partial charge < -0.3 is 10.1 Å². The molecule has 1 aromatic carbocycles. The van der Waals surface area contributed by atoms with Crippen molar-refractivity contribution in [2.45, 2.75) is 33.6 Å². The number of imidazole rings is 1. The molecule has 1 aromatic heterocycles. The van der Waals surface area contributed by atoms with Crippen molar-refractivity contribution in [3.63, 3.8) is 0 Å². The van der Waals surface area contributed by atoms with Crippen molar-refractivity contribution in [3.8, 4) is 11.3 Å². The van der Waals surface area contributed by atoms with E-state index in [1.165, 1.54) is 16.7 Å². The quantitative estimate of drug-likeness (QED) is 0.892. The second kappa shape index (κ2) is 5.79. The fourth-order valence-electron chi connectivity index (χ4n) is 2.46. The zero-order valence-corrected chi connectivity index (χ0v) is 13.3. The number of H-pyrrole nitrogens is 1. The van der Waals surface area contributed by atoms with Crippen molar-refractivity contribution in [2.24, 2.45) is 0 Å². The molecule has 2 N–H and O–H groups in total. The standard InChI is InChI=1S/C15H17BrN2O2/c1-8-6-9(2)13(10(3)7-8)14-15(16)18-11(17-14)4-5-12(19)20/h6-7H,4-5H2,1-3H3,(H,17,18)(H,19,20). The second-order valence-corrected chi connectivity index (χ2v) is 5.81. The number of carboxylic acids is 1. The number of hydrogen-bond donors (Lipinski definition) is 2. The number of carboxylic acid groups (broad SMARTS) is 1. The van der Waals surface area contributed by atoms with E-state index >= 15 is 0 Å². The summed E-state index contributed by atoms with van der Waals surface area (Å²) in [6.07, 6.45) is 0.475. The maximum atomic E-state index is 10.6. The Morgan fingerprint density at radius 1 is 1.30 bits per heavy atom. The van der Waals surface area contributed by atoms with Gasteiger partial charge in [0.1, 0.15) is 16.1 Å². The predicted molar refractivity (Wildman–Crippen MR) is 81.9 cm³/mol. The summed E-state index contributed by atoms with van der Waals surface area (Å²) in [7, 11) is 0. The number of aryl methyl sites for hydroxylation is 4. The van der Waals surface area contributed by atoms with Gasteiger partial charge >= 0.3 is 5.97 Å². The fraction of sp³-hybridized carbons (Fsp3) is 0.333. The Bertz CT molecular complexity index is 639. The number of benzene rings is 1. The highest BCUT2D eigenvalue weighted by Crippen LogP contribution is 2.32. The van der Waals surface area contributed by atoms with Gasteiger partial charge in [-0.2, -0.15) is 0 Å². The van der Waals surface area contributed by atoms with Crippen LogP contribution in [-0.2, 0) is 11.2 Å². The van der Waals surface area contributed by atoms with Crippen LogP contribution in [0.5, 0.6) is 0 Å². The molecular weight excluding hydrogens is 320 g/mol. The third-order valence-corrected chi connectivity index (χ3v) is 3.77. The molecule has 2 rings (SSSR count). The summed E-state index contributed by atoms with van der Waals surface area (Å²) in [5.41, 5.74) is 5.50. The highest BCUT2D eigenvalue weighted by atomic mass is 79.9. The molecule has 0 aliphatic carbocycles. The molecule has 0 atom stereocenters. The normalized spacial score (nSPS) is 10.8. The first kappa shape index (κ1) is 14.8. The SMILES string of the molecule is Cc1cc(C)c(-c2nc(CCC(=O)O)[nH]c2Br)c(C)c1. The fourth-order valence-corrected chi connectivity index (χ4v) is 2.98. The number of carbonyl (C=O) groups is 1. The van der Waals surface area contributed by atoms with Crippen molar-refractivity contribution >= 4 is 21.9 Å². The molecule has 0 amide bonds. The largest absolute Gasteiger partial charge is 0.481 e. The van der Waals surface area contributed by atoms with Crippen LogP contribution < -0.4 is 0 Å². The second-order valence-electron chi connectivity index (χ2n) is 5.01. The maximum Gasteiger partial charge on any atom is 0.303 e. The van der Waals surface area contributed by atoms with E-state index in [1.54, 1.807) is 0 Å². The summed E-state index contributed by atoms with van der Waals surface area (Å²) in [6, 6.07) is 4.25. The van der Waals surface area contributed by atoms with Gasteiger partial charge in [-0.15, -0.1) is 0 Å². The van der Waals surface area contributed by atoms with Crippen LogP contribution in [0.25, 0.3) is 11.3 Å². The molecule has 1 heterocycles. The summed E-state index contributed by atoms with van der Waals surface area (Å²) in [5.74, 6) is -0.129. The Balaban J connectivity index is 2.41. The third-order valence-electron chi connectivity index (χ3n) is 3.20. The molecule has 106 valence electrons. The van der Waals surface area contributed by atoms with Crippen molar-refractivity contribution < 1.29 is 9.90 Å². The molecular formula is C15H17BrN2O2. The molecule has 2 aromatic rings. The van der Waals surface area contributed by atoms with Crippen LogP contribution >= 0.6 is 15.9 Å². The van der Waals surface area contributed by atoms with E-state index in [-0.39, 0.29) is 6.42 Å². The van der Waals surface area contributed by atoms with Crippen LogP contribution in [0.3, 0.4) is 0 Å². The van der Waals surface area contributed by atoms with Gasteiger partial charge in [-0.05, 0) is 47.8 Å². The van der Waals surface area contributed by atoms with Crippen molar-refractivity contribution in [3.05, 3.63) is 39.3 Å². The Kier molecular flexibility index (Phi) is 4.28. The minimum absolute atomic E-state index is 0.0747. The summed E-state index contributed by atoms with van der Waals surface area (Å²) in [5, 5.41) is 8.73. The molecule has 5 heteroatoms. The van der Waals surface area contributed by atoms with Crippen LogP contribution in [0.4, 0.5) is 0 Å². The number of halogens is 1. The van der Waals surface area contributed by atoms with E-state index in [1.807, 2.05) is 0 Å². The number of aromatic nitrogens is 2. The molecule has 0 saturated carbocycles. The molecule has 0 spiro atoms. The van der Waals surface area contributed by atoms with Gasteiger partial charge in [-0.1, -0.05) is 17.7 Å². The molecule has 0 unspecified atom stereocenters. The summed E-state index contributed by atoms with van der Waals surface area (Å²) >= 11 is 3.48. The summed E-state index contributed by atoms with van der Waals surface area (Å²) in [4.78, 5) is 18.3. The Morgan fingerprint density at radius 3 is 2.45 bits per heavy atom. The molecule has 0 aliphatic rings. The van der Waals surface area contributed by atoms with Crippen LogP contribution in [0.2, 0.25) is 0 Å². The van der Waals surface area contributed by atoms with Crippen LogP contribution in [0.1, 0.15) is 28.9 Å². The minimum atomic E-state index is -0.818. The zero-order valence-electron chi connectivity index (χ0n) is 11.7. The van der Waals surface area contributed by atoms with Crippen molar-refractivity contribution in [2.75, 3.05) is 0 Å². The van der Waals surface area contributed by atoms with E-state index in [9.17, 15) is 4.79 Å². The topological polar surface area (TPSA) is 66.0 Å². The van der Waals surface area contributed by atoms with Gasteiger partial charge in [-0.25, -0.2) is 4.98 Å². The average Bonchev–Trinajstić information content (AvgIpc) is 2.67. The molecule has 4 nitrogen and oxygen atoms in total. The number of aromatic amines is 1. The van der Waals surface area contributed by atoms with Crippen molar-refractivity contribution in [1.29, 1.82) is 0 Å². The zero-order chi connectivity index (χ0) is 14.9. The van der Waals surface area contributed by atoms with Gasteiger partial charge in [0.2, 0.25) is 0 Å². The molecule has 0 aliphatic heterocycles. The van der Waals surface area contributed by atoms with E-state index in [4.69, 9.17) is 5.11 Å². The number of rotatable bonds is 4. The van der Waals surface area contributed by atoms with Gasteiger partial charge in [0.15, 0.2) is 0 Å². The lowest BCUT2D eigenvalue weighted by Gasteiger charge is -2.09. The molecule has 0 radical (unpaired) electrons. The van der Waals surface area contributed by atoms with Gasteiger partial charge in [0.05, 0.1) is 6.42 Å². The molecule has 0 fully saturated rings. The lowest BCUT2D eigenvalue weighted by molar-refractivity contribution is -0.137. The third kappa shape index (κ3) is 3.10. The van der Waals surface area contributed by atoms with Gasteiger partial charge in [-0.3, -0.25) is 4.79 Å². The van der Waals surface area contributed by atoms with Crippen LogP contribution in [0, 0.1) is 20.8 Å². The number of hydrogen-bond acceptors (Lipinski definition) is 2. The van der Waals surface area contributed by atoms with Crippen LogP contribution in [0.15, 0.2) is 16.7 Å². The lowest BCUT2D eigenvalue weighted by Crippen LogP contribution is -1.98. The predicted octanol–water partition coefficient (Wildman–Crippen LogP) is 3.78. The van der Waals surface area contributed by atoms with E-state index in [0.29, 0.717) is 12.2 Å². The van der Waals surface area contributed by atoms with Crippen LogP contribution in [-0.4, -0.2) is 21.0 Å². The van der Waals surface area contributed by atoms with Gasteiger partial charge in [0.25, 0.3) is 0 Å². The number of nitrogens with one attached hydrogen (secondary N) is 1. The maximum absolute atomic E-state index is 10.6. The average molecular weight is 337 g/mol. The first-order valence-electron chi connectivity index (χ1n) is 6.43. The van der Waals surface area contributed by atoms with E-state index in [0.717, 1.165) is 15.9 Å². The van der Waals surface area contributed by atoms with E-state index < -0.39 is 5.97 Å². The van der Waals surface area contributed by atoms with E-state index in [2.05, 4.69) is 58.8 Å².